The Hall–Kier alpha value is -3.38. The van der Waals surface area contributed by atoms with Gasteiger partial charge in [0.1, 0.15) is 17.4 Å². The first-order chi connectivity index (χ1) is 17.7. The van der Waals surface area contributed by atoms with Gasteiger partial charge in [0.25, 0.3) is 5.91 Å². The zero-order valence-corrected chi connectivity index (χ0v) is 20.8. The highest BCUT2D eigenvalue weighted by molar-refractivity contribution is 7.08. The number of nitrogens with one attached hydrogen (secondary N) is 3. The molecule has 1 fully saturated rings. The molecule has 3 aromatic rings. The number of aromatic amines is 1. The Labute approximate surface area is 214 Å². The molecule has 0 unspecified atom stereocenters. The third-order valence-electron chi connectivity index (χ3n) is 6.69. The van der Waals surface area contributed by atoms with Crippen LogP contribution in [0.4, 0.5) is 18.9 Å². The summed E-state index contributed by atoms with van der Waals surface area (Å²) in [6, 6.07) is 8.61. The number of ether oxygens (including phenoxy) is 1. The number of H-pyrrole nitrogens is 1. The number of anilines is 1. The van der Waals surface area contributed by atoms with Crippen molar-refractivity contribution in [3.63, 3.8) is 0 Å². The third kappa shape index (κ3) is 5.64. The molecule has 0 saturated carbocycles. The standard InChI is InChI=1S/C25H26F3N5O3S/c1-33-11-19(23-31-32-24(35)37-23)21(12-33)30-22(34)14-4-6-17(7-5-14)36-13-15-9-16(25(26,27)28)10-20-18(15)3-2-8-29-20/h4-7,9-10,19,21,29H,2-3,8,11-13H2,1H3,(H,30,34)(H,32,35)/t19-,21+/m0/s1. The predicted octanol–water partition coefficient (Wildman–Crippen LogP) is 3.61. The molecule has 2 atom stereocenters. The van der Waals surface area contributed by atoms with Crippen LogP contribution in [-0.4, -0.2) is 53.7 Å². The van der Waals surface area contributed by atoms with E-state index >= 15 is 0 Å². The minimum atomic E-state index is -4.44. The smallest absolute Gasteiger partial charge is 0.416 e. The van der Waals surface area contributed by atoms with Crippen molar-refractivity contribution in [2.75, 3.05) is 32.0 Å². The lowest BCUT2D eigenvalue weighted by atomic mass is 9.95. The largest absolute Gasteiger partial charge is 0.489 e. The minimum Gasteiger partial charge on any atom is -0.489 e. The number of benzene rings is 2. The highest BCUT2D eigenvalue weighted by atomic mass is 32.1. The molecule has 1 aromatic heterocycles. The summed E-state index contributed by atoms with van der Waals surface area (Å²) in [5.74, 6) is 0.0948. The summed E-state index contributed by atoms with van der Waals surface area (Å²) in [6.45, 7) is 1.93. The highest BCUT2D eigenvalue weighted by Crippen LogP contribution is 2.36. The van der Waals surface area contributed by atoms with Crippen LogP contribution in [0.3, 0.4) is 0 Å². The molecular formula is C25H26F3N5O3S. The van der Waals surface area contributed by atoms with Crippen molar-refractivity contribution in [2.45, 2.75) is 37.6 Å². The Balaban J connectivity index is 1.25. The van der Waals surface area contributed by atoms with Gasteiger partial charge in [0.05, 0.1) is 11.6 Å². The summed E-state index contributed by atoms with van der Waals surface area (Å²) in [6.07, 6.45) is -2.92. The van der Waals surface area contributed by atoms with Gasteiger partial charge in [-0.2, -0.15) is 18.3 Å². The zero-order chi connectivity index (χ0) is 26.2. The fourth-order valence-corrected chi connectivity index (χ4v) is 5.64. The number of amides is 1. The van der Waals surface area contributed by atoms with Crippen molar-refractivity contribution in [2.24, 2.45) is 0 Å². The van der Waals surface area contributed by atoms with Gasteiger partial charge in [-0.3, -0.25) is 9.59 Å². The van der Waals surface area contributed by atoms with Gasteiger partial charge in [-0.1, -0.05) is 11.3 Å². The molecule has 0 spiro atoms. The van der Waals surface area contributed by atoms with E-state index < -0.39 is 11.7 Å². The van der Waals surface area contributed by atoms with Crippen LogP contribution in [0.15, 0.2) is 41.2 Å². The second-order valence-corrected chi connectivity index (χ2v) is 10.4. The molecule has 2 aliphatic rings. The van der Waals surface area contributed by atoms with Crippen LogP contribution in [0.5, 0.6) is 5.75 Å². The Morgan fingerprint density at radius 3 is 2.73 bits per heavy atom. The molecule has 0 bridgehead atoms. The van der Waals surface area contributed by atoms with Gasteiger partial charge in [0.15, 0.2) is 0 Å². The van der Waals surface area contributed by atoms with E-state index in [2.05, 4.69) is 25.7 Å². The molecule has 8 nitrogen and oxygen atoms in total. The predicted molar refractivity (Wildman–Crippen MR) is 133 cm³/mol. The first-order valence-corrected chi connectivity index (χ1v) is 12.7. The van der Waals surface area contributed by atoms with Crippen LogP contribution < -0.4 is 20.2 Å². The lowest BCUT2D eigenvalue weighted by Gasteiger charge is -2.23. The fraction of sp³-hybridized carbons (Fsp3) is 0.400. The maximum absolute atomic E-state index is 13.4. The van der Waals surface area contributed by atoms with Crippen molar-refractivity contribution < 1.29 is 22.7 Å². The maximum Gasteiger partial charge on any atom is 0.416 e. The van der Waals surface area contributed by atoms with Crippen LogP contribution in [0.2, 0.25) is 0 Å². The zero-order valence-electron chi connectivity index (χ0n) is 20.0. The number of carbonyl (C=O) groups is 1. The van der Waals surface area contributed by atoms with Crippen LogP contribution >= 0.6 is 11.3 Å². The van der Waals surface area contributed by atoms with E-state index in [-0.39, 0.29) is 29.3 Å². The maximum atomic E-state index is 13.4. The molecule has 2 aromatic carbocycles. The molecule has 3 N–H and O–H groups in total. The number of fused-ring (bicyclic) bond motifs is 1. The molecule has 1 saturated heterocycles. The van der Waals surface area contributed by atoms with E-state index in [1.807, 2.05) is 7.05 Å². The molecule has 1 amide bonds. The van der Waals surface area contributed by atoms with Crippen molar-refractivity contribution in [3.8, 4) is 5.75 Å². The summed E-state index contributed by atoms with van der Waals surface area (Å²) >= 11 is 1.05. The van der Waals surface area contributed by atoms with Gasteiger partial charge in [-0.05, 0) is 67.4 Å². The number of carbonyl (C=O) groups excluding carboxylic acids is 1. The Kier molecular flexibility index (Phi) is 6.95. The second kappa shape index (κ2) is 10.2. The molecule has 3 heterocycles. The highest BCUT2D eigenvalue weighted by Gasteiger charge is 2.36. The van der Waals surface area contributed by atoms with Crippen molar-refractivity contribution in [1.29, 1.82) is 0 Å². The SMILES string of the molecule is CN1C[C@H](c2n[nH]c(=O)s2)[C@H](NC(=O)c2ccc(OCc3cc(C(F)(F)F)cc4c3CCCN4)cc2)C1. The molecule has 0 radical (unpaired) electrons. The van der Waals surface area contributed by atoms with Crippen LogP contribution in [0, 0.1) is 0 Å². The summed E-state index contributed by atoms with van der Waals surface area (Å²) < 4.78 is 46.0. The molecule has 37 heavy (non-hydrogen) atoms. The fourth-order valence-electron chi connectivity index (χ4n) is 4.88. The lowest BCUT2D eigenvalue weighted by molar-refractivity contribution is -0.137. The average molecular weight is 534 g/mol. The number of likely N-dealkylation sites (N-methyl/N-ethyl adjacent to an activating group) is 1. The van der Waals surface area contributed by atoms with E-state index in [4.69, 9.17) is 4.74 Å². The summed E-state index contributed by atoms with van der Waals surface area (Å²) in [7, 11) is 1.94. The van der Waals surface area contributed by atoms with Crippen molar-refractivity contribution in [1.82, 2.24) is 20.4 Å². The number of halogens is 3. The molecule has 12 heteroatoms. The molecule has 2 aliphatic heterocycles. The van der Waals surface area contributed by atoms with Crippen LogP contribution in [0.25, 0.3) is 0 Å². The first-order valence-electron chi connectivity index (χ1n) is 11.9. The van der Waals surface area contributed by atoms with Gasteiger partial charge in [0, 0.05) is 36.8 Å². The second-order valence-electron chi connectivity index (χ2n) is 9.36. The van der Waals surface area contributed by atoms with Crippen LogP contribution in [0.1, 0.15) is 44.4 Å². The quantitative estimate of drug-likeness (QED) is 0.448. The van der Waals surface area contributed by atoms with Crippen molar-refractivity contribution >= 4 is 22.9 Å². The summed E-state index contributed by atoms with van der Waals surface area (Å²) in [5.41, 5.74) is 1.56. The molecule has 5 rings (SSSR count). The Morgan fingerprint density at radius 2 is 2.03 bits per heavy atom. The minimum absolute atomic E-state index is 0.0118. The Morgan fingerprint density at radius 1 is 1.24 bits per heavy atom. The van der Waals surface area contributed by atoms with Crippen molar-refractivity contribution in [3.05, 3.63) is 73.3 Å². The first kappa shape index (κ1) is 25.3. The number of likely N-dealkylation sites (tertiary alicyclic amines) is 1. The van der Waals surface area contributed by atoms with Gasteiger partial charge in [-0.25, -0.2) is 5.10 Å². The van der Waals surface area contributed by atoms with Crippen LogP contribution in [-0.2, 0) is 19.2 Å². The molecular weight excluding hydrogens is 507 g/mol. The Bertz CT molecular complexity index is 1340. The summed E-state index contributed by atoms with van der Waals surface area (Å²) in [5, 5.41) is 13.3. The van der Waals surface area contributed by atoms with E-state index in [0.29, 0.717) is 53.6 Å². The van der Waals surface area contributed by atoms with E-state index in [0.717, 1.165) is 35.5 Å². The average Bonchev–Trinajstić information content (AvgIpc) is 3.46. The number of hydrogen-bond acceptors (Lipinski definition) is 7. The number of hydrogen-bond donors (Lipinski definition) is 3. The molecule has 196 valence electrons. The lowest BCUT2D eigenvalue weighted by Crippen LogP contribution is -2.39. The number of rotatable bonds is 6. The van der Waals surface area contributed by atoms with E-state index in [1.54, 1.807) is 24.3 Å². The number of aromatic nitrogens is 2. The number of alkyl halides is 3. The van der Waals surface area contributed by atoms with Gasteiger partial charge >= 0.3 is 11.0 Å². The van der Waals surface area contributed by atoms with E-state index in [1.165, 1.54) is 0 Å². The third-order valence-corrected chi connectivity index (χ3v) is 7.57. The number of nitrogens with zero attached hydrogens (tertiary/aromatic N) is 2. The van der Waals surface area contributed by atoms with Gasteiger partial charge in [-0.15, -0.1) is 0 Å². The monoisotopic (exact) mass is 533 g/mol. The van der Waals surface area contributed by atoms with Gasteiger partial charge in [0.2, 0.25) is 0 Å². The van der Waals surface area contributed by atoms with Gasteiger partial charge < -0.3 is 20.3 Å². The summed E-state index contributed by atoms with van der Waals surface area (Å²) in [4.78, 5) is 26.3. The molecule has 0 aliphatic carbocycles. The van der Waals surface area contributed by atoms with E-state index in [9.17, 15) is 22.8 Å². The topological polar surface area (TPSA) is 99.4 Å². The normalized spacial score (nSPS) is 19.8.